The number of aliphatic hydroxyl groups is 1. The fraction of sp³-hybridized carbons (Fsp3) is 0.500. The Bertz CT molecular complexity index is 593. The number of hydrogen-bond acceptors (Lipinski definition) is 5. The third-order valence-corrected chi connectivity index (χ3v) is 2.61. The molecule has 98 valence electrons. The Balaban J connectivity index is 2.17. The van der Waals surface area contributed by atoms with Crippen molar-refractivity contribution in [1.82, 2.24) is 19.5 Å². The van der Waals surface area contributed by atoms with Crippen LogP contribution in [0.2, 0.25) is 0 Å². The predicted octanol–water partition coefficient (Wildman–Crippen LogP) is -0.188. The maximum absolute atomic E-state index is 12.1. The van der Waals surface area contributed by atoms with Crippen LogP contribution >= 0.6 is 0 Å². The molecule has 1 unspecified atom stereocenters. The summed E-state index contributed by atoms with van der Waals surface area (Å²) in [6, 6.07) is 0. The molecule has 0 aliphatic rings. The van der Waals surface area contributed by atoms with Gasteiger partial charge in [-0.3, -0.25) is 9.78 Å². The molecule has 8 heteroatoms. The SMILES string of the molecule is Nc1nc2c(ncn2CCCC(O)CF)c(=O)[nH]1. The molecule has 1 atom stereocenters. The second kappa shape index (κ2) is 5.13. The molecule has 0 bridgehead atoms. The summed E-state index contributed by atoms with van der Waals surface area (Å²) in [5, 5.41) is 9.10. The smallest absolute Gasteiger partial charge is 0.280 e. The van der Waals surface area contributed by atoms with Gasteiger partial charge in [-0.15, -0.1) is 0 Å². The zero-order chi connectivity index (χ0) is 13.1. The molecule has 0 amide bonds. The molecular weight excluding hydrogens is 241 g/mol. The van der Waals surface area contributed by atoms with Gasteiger partial charge in [-0.25, -0.2) is 9.37 Å². The number of aromatic nitrogens is 4. The molecule has 2 aromatic heterocycles. The quantitative estimate of drug-likeness (QED) is 0.686. The number of aliphatic hydroxyl groups excluding tert-OH is 1. The first-order valence-electron chi connectivity index (χ1n) is 5.56. The van der Waals surface area contributed by atoms with Crippen molar-refractivity contribution in [2.45, 2.75) is 25.5 Å². The number of rotatable bonds is 5. The highest BCUT2D eigenvalue weighted by Crippen LogP contribution is 2.08. The van der Waals surface area contributed by atoms with Crippen LogP contribution in [0, 0.1) is 0 Å². The topological polar surface area (TPSA) is 110 Å². The third-order valence-electron chi connectivity index (χ3n) is 2.61. The van der Waals surface area contributed by atoms with Crippen LogP contribution < -0.4 is 11.3 Å². The van der Waals surface area contributed by atoms with Crippen LogP contribution in [0.3, 0.4) is 0 Å². The molecule has 0 radical (unpaired) electrons. The predicted molar refractivity (Wildman–Crippen MR) is 63.8 cm³/mol. The standard InChI is InChI=1S/C10H14FN5O2/c11-4-6(17)2-1-3-16-5-13-7-8(16)14-10(12)15-9(7)18/h5-6,17H,1-4H2,(H3,12,14,15,18). The van der Waals surface area contributed by atoms with Crippen LogP contribution in [0.4, 0.5) is 10.3 Å². The molecule has 2 aromatic rings. The summed E-state index contributed by atoms with van der Waals surface area (Å²) in [7, 11) is 0. The van der Waals surface area contributed by atoms with Crippen molar-refractivity contribution in [3.8, 4) is 0 Å². The van der Waals surface area contributed by atoms with Crippen molar-refractivity contribution in [2.24, 2.45) is 0 Å². The van der Waals surface area contributed by atoms with Crippen LogP contribution in [-0.2, 0) is 6.54 Å². The summed E-state index contributed by atoms with van der Waals surface area (Å²) in [6.07, 6.45) is 1.44. The van der Waals surface area contributed by atoms with Gasteiger partial charge in [-0.05, 0) is 12.8 Å². The van der Waals surface area contributed by atoms with Crippen molar-refractivity contribution >= 4 is 17.1 Å². The third kappa shape index (κ3) is 2.48. The lowest BCUT2D eigenvalue weighted by Gasteiger charge is -2.06. The number of aromatic amines is 1. The number of H-pyrrole nitrogens is 1. The van der Waals surface area contributed by atoms with Gasteiger partial charge in [0.15, 0.2) is 11.2 Å². The number of nitrogens with two attached hydrogens (primary N) is 1. The molecular formula is C10H14FN5O2. The minimum Gasteiger partial charge on any atom is -0.390 e. The number of fused-ring (bicyclic) bond motifs is 1. The molecule has 0 fully saturated rings. The highest BCUT2D eigenvalue weighted by molar-refractivity contribution is 5.70. The van der Waals surface area contributed by atoms with Crippen molar-refractivity contribution < 1.29 is 9.50 Å². The summed E-state index contributed by atoms with van der Waals surface area (Å²) in [5.74, 6) is 0.0260. The Morgan fingerprint density at radius 2 is 2.39 bits per heavy atom. The van der Waals surface area contributed by atoms with Crippen LogP contribution in [0.25, 0.3) is 11.2 Å². The second-order valence-electron chi connectivity index (χ2n) is 4.01. The normalized spacial score (nSPS) is 13.0. The molecule has 2 rings (SSSR count). The van der Waals surface area contributed by atoms with Crippen LogP contribution in [0.15, 0.2) is 11.1 Å². The number of anilines is 1. The summed E-state index contributed by atoms with van der Waals surface area (Å²) < 4.78 is 13.7. The lowest BCUT2D eigenvalue weighted by Crippen LogP contribution is -2.13. The molecule has 0 spiro atoms. The summed E-state index contributed by atoms with van der Waals surface area (Å²) in [4.78, 5) is 21.8. The molecule has 7 nitrogen and oxygen atoms in total. The van der Waals surface area contributed by atoms with Crippen LogP contribution in [0.5, 0.6) is 0 Å². The fourth-order valence-corrected chi connectivity index (χ4v) is 1.71. The number of halogens is 1. The van der Waals surface area contributed by atoms with E-state index in [1.165, 1.54) is 6.33 Å². The highest BCUT2D eigenvalue weighted by Gasteiger charge is 2.09. The van der Waals surface area contributed by atoms with Crippen molar-refractivity contribution in [1.29, 1.82) is 0 Å². The first-order chi connectivity index (χ1) is 8.61. The number of alkyl halides is 1. The minimum atomic E-state index is -0.943. The number of nitrogen functional groups attached to an aromatic ring is 1. The number of hydrogen-bond donors (Lipinski definition) is 3. The van der Waals surface area contributed by atoms with Gasteiger partial charge in [0.2, 0.25) is 5.95 Å². The van der Waals surface area contributed by atoms with Gasteiger partial charge in [0.05, 0.1) is 12.4 Å². The van der Waals surface area contributed by atoms with Crippen LogP contribution in [0.1, 0.15) is 12.8 Å². The molecule has 0 aromatic carbocycles. The van der Waals surface area contributed by atoms with E-state index in [0.717, 1.165) is 0 Å². The average Bonchev–Trinajstić information content (AvgIpc) is 2.72. The fourth-order valence-electron chi connectivity index (χ4n) is 1.71. The first-order valence-corrected chi connectivity index (χ1v) is 5.56. The van der Waals surface area contributed by atoms with Crippen molar-refractivity contribution in [3.05, 3.63) is 16.7 Å². The number of imidazole rings is 1. The minimum absolute atomic E-state index is 0.0260. The zero-order valence-corrected chi connectivity index (χ0v) is 9.64. The molecule has 2 heterocycles. The lowest BCUT2D eigenvalue weighted by atomic mass is 10.2. The lowest BCUT2D eigenvalue weighted by molar-refractivity contribution is 0.127. The molecule has 0 saturated heterocycles. The van der Waals surface area contributed by atoms with E-state index >= 15 is 0 Å². The van der Waals surface area contributed by atoms with E-state index < -0.39 is 12.8 Å². The van der Waals surface area contributed by atoms with E-state index in [4.69, 9.17) is 10.8 Å². The van der Waals surface area contributed by atoms with Crippen LogP contribution in [-0.4, -0.2) is 37.4 Å². The summed E-state index contributed by atoms with van der Waals surface area (Å²) in [5.41, 5.74) is 5.68. The Morgan fingerprint density at radius 3 is 3.11 bits per heavy atom. The maximum atomic E-state index is 12.1. The van der Waals surface area contributed by atoms with E-state index in [2.05, 4.69) is 15.0 Å². The van der Waals surface area contributed by atoms with E-state index in [-0.39, 0.29) is 17.0 Å². The average molecular weight is 255 g/mol. The molecule has 18 heavy (non-hydrogen) atoms. The zero-order valence-electron chi connectivity index (χ0n) is 9.64. The molecule has 0 aliphatic heterocycles. The Kier molecular flexibility index (Phi) is 3.56. The van der Waals surface area contributed by atoms with Gasteiger partial charge < -0.3 is 15.4 Å². The van der Waals surface area contributed by atoms with Gasteiger partial charge in [0, 0.05) is 6.54 Å². The van der Waals surface area contributed by atoms with Gasteiger partial charge in [0.1, 0.15) is 6.67 Å². The maximum Gasteiger partial charge on any atom is 0.280 e. The van der Waals surface area contributed by atoms with Gasteiger partial charge in [-0.1, -0.05) is 0 Å². The molecule has 0 aliphatic carbocycles. The Morgan fingerprint density at radius 1 is 1.61 bits per heavy atom. The van der Waals surface area contributed by atoms with E-state index in [9.17, 15) is 9.18 Å². The van der Waals surface area contributed by atoms with Gasteiger partial charge in [-0.2, -0.15) is 4.98 Å². The molecule has 4 N–H and O–H groups in total. The Labute approximate surface area is 101 Å². The van der Waals surface area contributed by atoms with E-state index in [1.54, 1.807) is 4.57 Å². The van der Waals surface area contributed by atoms with Gasteiger partial charge >= 0.3 is 0 Å². The molecule has 0 saturated carbocycles. The number of aryl methyl sites for hydroxylation is 1. The second-order valence-corrected chi connectivity index (χ2v) is 4.01. The summed E-state index contributed by atoms with van der Waals surface area (Å²) in [6.45, 7) is -0.265. The van der Waals surface area contributed by atoms with Crippen molar-refractivity contribution in [3.63, 3.8) is 0 Å². The number of nitrogens with zero attached hydrogens (tertiary/aromatic N) is 3. The van der Waals surface area contributed by atoms with E-state index in [1.807, 2.05) is 0 Å². The monoisotopic (exact) mass is 255 g/mol. The summed E-state index contributed by atoms with van der Waals surface area (Å²) >= 11 is 0. The van der Waals surface area contributed by atoms with Crippen molar-refractivity contribution in [2.75, 3.05) is 12.4 Å². The first kappa shape index (κ1) is 12.5. The highest BCUT2D eigenvalue weighted by atomic mass is 19.1. The largest absolute Gasteiger partial charge is 0.390 e. The van der Waals surface area contributed by atoms with Gasteiger partial charge in [0.25, 0.3) is 5.56 Å². The number of nitrogens with one attached hydrogen (secondary N) is 1. The Hall–Kier alpha value is -1.96. The van der Waals surface area contributed by atoms with E-state index in [0.29, 0.717) is 25.0 Å².